The zero-order valence-electron chi connectivity index (χ0n) is 22.4. The molecule has 1 saturated heterocycles. The van der Waals surface area contributed by atoms with Crippen LogP contribution in [0.15, 0.2) is 103 Å². The van der Waals surface area contributed by atoms with Crippen molar-refractivity contribution < 1.29 is 14.6 Å². The van der Waals surface area contributed by atoms with Crippen molar-refractivity contribution in [1.29, 1.82) is 0 Å². The minimum absolute atomic E-state index is 0.0108. The first-order valence-electron chi connectivity index (χ1n) is 13.6. The summed E-state index contributed by atoms with van der Waals surface area (Å²) in [4.78, 5) is 6.81. The number of nitrogens with two attached hydrogens (primary N) is 1. The van der Waals surface area contributed by atoms with Gasteiger partial charge in [-0.2, -0.15) is 0 Å². The van der Waals surface area contributed by atoms with Crippen molar-refractivity contribution >= 4 is 0 Å². The highest BCUT2D eigenvalue weighted by atomic mass is 16.7. The summed E-state index contributed by atoms with van der Waals surface area (Å²) < 4.78 is 13.6. The second kappa shape index (κ2) is 13.1. The predicted molar refractivity (Wildman–Crippen MR) is 153 cm³/mol. The summed E-state index contributed by atoms with van der Waals surface area (Å²) in [6.45, 7) is 2.10. The van der Waals surface area contributed by atoms with E-state index in [9.17, 15) is 5.11 Å². The molecule has 0 radical (unpaired) electrons. The van der Waals surface area contributed by atoms with Crippen molar-refractivity contribution in [1.82, 2.24) is 9.88 Å². The molecule has 0 bridgehead atoms. The number of likely N-dealkylation sites (N-methyl/N-ethyl adjacent to an activating group) is 1. The Labute approximate surface area is 231 Å². The van der Waals surface area contributed by atoms with Gasteiger partial charge in [-0.15, -0.1) is 0 Å². The molecule has 1 aliphatic heterocycles. The van der Waals surface area contributed by atoms with Crippen LogP contribution in [-0.4, -0.2) is 41.2 Å². The van der Waals surface area contributed by atoms with Gasteiger partial charge < -0.3 is 25.2 Å². The molecule has 0 aliphatic carbocycles. The van der Waals surface area contributed by atoms with Gasteiger partial charge in [0.15, 0.2) is 6.29 Å². The fourth-order valence-electron chi connectivity index (χ4n) is 5.23. The summed E-state index contributed by atoms with van der Waals surface area (Å²) in [7, 11) is 2.14. The Bertz CT molecular complexity index is 1280. The topological polar surface area (TPSA) is 80.8 Å². The van der Waals surface area contributed by atoms with E-state index in [1.165, 1.54) is 5.56 Å². The van der Waals surface area contributed by atoms with Crippen LogP contribution >= 0.6 is 0 Å². The molecule has 1 aliphatic rings. The average molecular weight is 524 g/mol. The quantitative estimate of drug-likeness (QED) is 0.299. The number of nitrogens with zero attached hydrogens (tertiary/aromatic N) is 2. The molecule has 0 saturated carbocycles. The molecule has 0 spiro atoms. The molecule has 202 valence electrons. The van der Waals surface area contributed by atoms with Crippen molar-refractivity contribution in [3.8, 4) is 0 Å². The fourth-order valence-corrected chi connectivity index (χ4v) is 5.23. The van der Waals surface area contributed by atoms with E-state index in [2.05, 4.69) is 59.4 Å². The van der Waals surface area contributed by atoms with Crippen LogP contribution in [0.4, 0.5) is 0 Å². The molecule has 2 heterocycles. The zero-order chi connectivity index (χ0) is 27.0. The van der Waals surface area contributed by atoms with Crippen LogP contribution in [0.1, 0.15) is 51.8 Å². The van der Waals surface area contributed by atoms with Gasteiger partial charge in [-0.25, -0.2) is 0 Å². The van der Waals surface area contributed by atoms with Crippen molar-refractivity contribution in [2.45, 2.75) is 44.0 Å². The third-order valence-corrected chi connectivity index (χ3v) is 7.43. The van der Waals surface area contributed by atoms with E-state index >= 15 is 0 Å². The highest BCUT2D eigenvalue weighted by molar-refractivity contribution is 5.32. The van der Waals surface area contributed by atoms with Crippen LogP contribution in [0.2, 0.25) is 0 Å². The molecule has 4 aromatic rings. The zero-order valence-corrected chi connectivity index (χ0v) is 22.4. The van der Waals surface area contributed by atoms with Crippen LogP contribution in [0, 0.1) is 0 Å². The summed E-state index contributed by atoms with van der Waals surface area (Å²) in [5, 5.41) is 9.61. The Morgan fingerprint density at radius 1 is 0.795 bits per heavy atom. The van der Waals surface area contributed by atoms with Gasteiger partial charge in [-0.05, 0) is 41.4 Å². The highest BCUT2D eigenvalue weighted by Gasteiger charge is 2.42. The summed E-state index contributed by atoms with van der Waals surface area (Å²) in [6, 6.07) is 32.8. The number of hydrogen-bond donors (Lipinski definition) is 2. The van der Waals surface area contributed by atoms with Gasteiger partial charge in [0.05, 0.1) is 18.8 Å². The van der Waals surface area contributed by atoms with Crippen LogP contribution in [-0.2, 0) is 29.0 Å². The number of benzene rings is 3. The maximum Gasteiger partial charge on any atom is 0.184 e. The van der Waals surface area contributed by atoms with Gasteiger partial charge in [0.1, 0.15) is 0 Å². The lowest BCUT2D eigenvalue weighted by molar-refractivity contribution is -0.263. The van der Waals surface area contributed by atoms with E-state index in [-0.39, 0.29) is 24.7 Å². The van der Waals surface area contributed by atoms with Crippen molar-refractivity contribution in [3.05, 3.63) is 137 Å². The van der Waals surface area contributed by atoms with Gasteiger partial charge in [0, 0.05) is 49.4 Å². The van der Waals surface area contributed by atoms with Crippen LogP contribution in [0.3, 0.4) is 0 Å². The summed E-state index contributed by atoms with van der Waals surface area (Å²) in [5.41, 5.74) is 12.1. The largest absolute Gasteiger partial charge is 0.392 e. The van der Waals surface area contributed by atoms with Crippen LogP contribution in [0.25, 0.3) is 0 Å². The van der Waals surface area contributed by atoms with Gasteiger partial charge in [0.25, 0.3) is 0 Å². The maximum atomic E-state index is 9.61. The summed E-state index contributed by atoms with van der Waals surface area (Å²) in [6.07, 6.45) is 1.83. The number of pyridine rings is 1. The van der Waals surface area contributed by atoms with E-state index in [0.717, 1.165) is 47.5 Å². The van der Waals surface area contributed by atoms with Crippen molar-refractivity contribution in [2.75, 3.05) is 20.1 Å². The van der Waals surface area contributed by atoms with E-state index in [1.807, 2.05) is 60.8 Å². The van der Waals surface area contributed by atoms with E-state index < -0.39 is 6.29 Å². The molecule has 3 aromatic carbocycles. The lowest BCUT2D eigenvalue weighted by Gasteiger charge is -2.44. The molecule has 4 atom stereocenters. The van der Waals surface area contributed by atoms with Crippen molar-refractivity contribution in [2.24, 2.45) is 5.73 Å². The second-order valence-corrected chi connectivity index (χ2v) is 10.2. The normalized spacial score (nSPS) is 21.2. The third-order valence-electron chi connectivity index (χ3n) is 7.43. The first kappa shape index (κ1) is 27.2. The minimum atomic E-state index is -0.520. The summed E-state index contributed by atoms with van der Waals surface area (Å²) >= 11 is 0. The van der Waals surface area contributed by atoms with E-state index in [0.29, 0.717) is 6.54 Å². The molecule has 4 unspecified atom stereocenters. The molecule has 39 heavy (non-hydrogen) atoms. The predicted octanol–water partition coefficient (Wildman–Crippen LogP) is 5.15. The minimum Gasteiger partial charge on any atom is -0.392 e. The van der Waals surface area contributed by atoms with E-state index in [1.54, 1.807) is 0 Å². The first-order valence-corrected chi connectivity index (χ1v) is 13.6. The number of ether oxygens (including phenoxy) is 2. The number of aliphatic hydroxyl groups excluding tert-OH is 1. The molecule has 5 rings (SSSR count). The molecule has 1 fully saturated rings. The van der Waals surface area contributed by atoms with Gasteiger partial charge >= 0.3 is 0 Å². The van der Waals surface area contributed by atoms with Crippen LogP contribution in [0.5, 0.6) is 0 Å². The first-order chi connectivity index (χ1) is 19.1. The number of aromatic nitrogens is 1. The fraction of sp³-hybridized carbons (Fsp3) is 0.303. The van der Waals surface area contributed by atoms with Crippen LogP contribution < -0.4 is 5.73 Å². The summed E-state index contributed by atoms with van der Waals surface area (Å²) in [5.74, 6) is -0.0250. The van der Waals surface area contributed by atoms with Crippen molar-refractivity contribution in [3.63, 3.8) is 0 Å². The van der Waals surface area contributed by atoms with Gasteiger partial charge in [0.2, 0.25) is 0 Å². The Balaban J connectivity index is 1.47. The lowest BCUT2D eigenvalue weighted by atomic mass is 9.83. The molecule has 0 amide bonds. The Kier molecular flexibility index (Phi) is 9.14. The van der Waals surface area contributed by atoms with Gasteiger partial charge in [-0.3, -0.25) is 4.98 Å². The molecule has 6 heteroatoms. The molecular formula is C33H37N3O3. The Morgan fingerprint density at radius 3 is 2.15 bits per heavy atom. The number of hydrogen-bond acceptors (Lipinski definition) is 6. The Hall–Kier alpha value is -3.39. The third kappa shape index (κ3) is 6.79. The lowest BCUT2D eigenvalue weighted by Crippen LogP contribution is -2.43. The van der Waals surface area contributed by atoms with E-state index in [4.69, 9.17) is 15.2 Å². The SMILES string of the molecule is CN(CCc1ccccn1)CC1OC(c2ccc(CN)cc2)OC(c2ccc(CO)cc2)C1c1ccccc1. The standard InChI is InChI=1S/C33H37N3O3/c1-36(20-18-29-9-5-6-19-35-29)22-30-31(26-7-3-2-4-8-26)32(27-14-12-25(23-37)13-15-27)39-33(38-30)28-16-10-24(21-34)11-17-28/h2-17,19,30-33,37H,18,20-23,34H2,1H3. The monoisotopic (exact) mass is 523 g/mol. The number of rotatable bonds is 10. The highest BCUT2D eigenvalue weighted by Crippen LogP contribution is 2.47. The molecule has 1 aromatic heterocycles. The Morgan fingerprint density at radius 2 is 1.49 bits per heavy atom. The second-order valence-electron chi connectivity index (χ2n) is 10.2. The molecular weight excluding hydrogens is 486 g/mol. The molecule has 6 nitrogen and oxygen atoms in total. The molecule has 3 N–H and O–H groups in total. The average Bonchev–Trinajstić information content (AvgIpc) is 3.00. The number of aliphatic hydroxyl groups is 1. The maximum absolute atomic E-state index is 9.61. The van der Waals surface area contributed by atoms with Gasteiger partial charge in [-0.1, -0.05) is 84.9 Å². The smallest absolute Gasteiger partial charge is 0.184 e.